The Morgan fingerprint density at radius 2 is 1.36 bits per heavy atom. The van der Waals surface area contributed by atoms with Gasteiger partial charge in [0.25, 0.3) is 0 Å². The SMILES string of the molecule is C=O.[Zn].c1ccncc1.c1ccsc1. The maximum atomic E-state index is 8.00. The molecule has 0 bridgehead atoms. The van der Waals surface area contributed by atoms with E-state index in [9.17, 15) is 0 Å². The fraction of sp³-hybridized carbons (Fsp3) is 0. The smallest absolute Gasteiger partial charge is 0.106 e. The molecular formula is C10H11NOSZn. The third-order valence-electron chi connectivity index (χ3n) is 0.992. The zero-order valence-electron chi connectivity index (χ0n) is 7.87. The van der Waals surface area contributed by atoms with Gasteiger partial charge in [-0.3, -0.25) is 4.98 Å². The van der Waals surface area contributed by atoms with E-state index >= 15 is 0 Å². The Kier molecular flexibility index (Phi) is 16.3. The number of rotatable bonds is 0. The van der Waals surface area contributed by atoms with E-state index in [-0.39, 0.29) is 19.5 Å². The fourth-order valence-electron chi connectivity index (χ4n) is 0.539. The van der Waals surface area contributed by atoms with Crippen LogP contribution in [0.2, 0.25) is 0 Å². The van der Waals surface area contributed by atoms with Crippen molar-refractivity contribution in [1.82, 2.24) is 4.98 Å². The van der Waals surface area contributed by atoms with Crippen LogP contribution in [0.4, 0.5) is 0 Å². The number of pyridine rings is 1. The van der Waals surface area contributed by atoms with Crippen LogP contribution in [0.5, 0.6) is 0 Å². The molecule has 2 aromatic heterocycles. The first-order chi connectivity index (χ1) is 6.50. The second-order valence-corrected chi connectivity index (χ2v) is 2.63. The molecule has 2 rings (SSSR count). The molecule has 4 heteroatoms. The molecule has 2 nitrogen and oxygen atoms in total. The standard InChI is InChI=1S/C5H5N.C4H4S.CH2O.Zn/c1-2-4-6-5-3-1;1-2-4-5-3-1;1-2;/h1-5H;1-4H;1H2;. The van der Waals surface area contributed by atoms with Crippen LogP contribution in [0.25, 0.3) is 0 Å². The van der Waals surface area contributed by atoms with Gasteiger partial charge in [-0.15, -0.1) is 0 Å². The maximum Gasteiger partial charge on any atom is 0.106 e. The van der Waals surface area contributed by atoms with Gasteiger partial charge in [0.1, 0.15) is 6.79 Å². The third kappa shape index (κ3) is 11.1. The molecule has 0 aromatic carbocycles. The van der Waals surface area contributed by atoms with Gasteiger partial charge in [-0.1, -0.05) is 18.2 Å². The van der Waals surface area contributed by atoms with Crippen molar-refractivity contribution >= 4 is 18.1 Å². The summed E-state index contributed by atoms with van der Waals surface area (Å²) in [5.74, 6) is 0. The minimum absolute atomic E-state index is 0. The molecular weight excluding hydrogens is 248 g/mol. The predicted octanol–water partition coefficient (Wildman–Crippen LogP) is 2.64. The first-order valence-electron chi connectivity index (χ1n) is 3.61. The summed E-state index contributed by atoms with van der Waals surface area (Å²) in [5, 5.41) is 4.08. The fourth-order valence-corrected chi connectivity index (χ4v) is 0.993. The summed E-state index contributed by atoms with van der Waals surface area (Å²) < 4.78 is 0. The number of carbonyl (C=O) groups is 1. The van der Waals surface area contributed by atoms with Crippen LogP contribution >= 0.6 is 11.3 Å². The van der Waals surface area contributed by atoms with E-state index in [0.29, 0.717) is 0 Å². The number of hydrogen-bond acceptors (Lipinski definition) is 3. The van der Waals surface area contributed by atoms with E-state index < -0.39 is 0 Å². The van der Waals surface area contributed by atoms with Crippen molar-refractivity contribution in [3.8, 4) is 0 Å². The minimum Gasteiger partial charge on any atom is -0.307 e. The van der Waals surface area contributed by atoms with E-state index in [4.69, 9.17) is 4.79 Å². The normalized spacial score (nSPS) is 6.57. The minimum atomic E-state index is 0. The molecule has 0 atom stereocenters. The van der Waals surface area contributed by atoms with Gasteiger partial charge < -0.3 is 4.79 Å². The molecule has 0 radical (unpaired) electrons. The van der Waals surface area contributed by atoms with Crippen molar-refractivity contribution in [3.05, 3.63) is 53.5 Å². The monoisotopic (exact) mass is 257 g/mol. The van der Waals surface area contributed by atoms with Crippen molar-refractivity contribution in [1.29, 1.82) is 0 Å². The van der Waals surface area contributed by atoms with Crippen LogP contribution in [0, 0.1) is 0 Å². The summed E-state index contributed by atoms with van der Waals surface area (Å²) in [6.07, 6.45) is 3.50. The van der Waals surface area contributed by atoms with Gasteiger partial charge in [0.05, 0.1) is 0 Å². The Balaban J connectivity index is 0. The molecule has 0 fully saturated rings. The summed E-state index contributed by atoms with van der Waals surface area (Å²) in [6, 6.07) is 9.75. The van der Waals surface area contributed by atoms with E-state index in [1.165, 1.54) is 0 Å². The molecule has 2 aromatic rings. The molecule has 0 saturated carbocycles. The maximum absolute atomic E-state index is 8.00. The molecule has 0 N–H and O–H groups in total. The number of carbonyl (C=O) groups excluding carboxylic acids is 1. The van der Waals surface area contributed by atoms with Gasteiger partial charge in [0, 0.05) is 31.9 Å². The summed E-state index contributed by atoms with van der Waals surface area (Å²) >= 11 is 1.71. The van der Waals surface area contributed by atoms with Gasteiger partial charge in [-0.05, 0) is 22.9 Å². The molecule has 2 heterocycles. The van der Waals surface area contributed by atoms with E-state index in [2.05, 4.69) is 4.98 Å². The van der Waals surface area contributed by atoms with Gasteiger partial charge in [0.15, 0.2) is 0 Å². The average Bonchev–Trinajstić information content (AvgIpc) is 2.82. The van der Waals surface area contributed by atoms with Crippen LogP contribution in [0.3, 0.4) is 0 Å². The number of nitrogens with zero attached hydrogens (tertiary/aromatic N) is 1. The first-order valence-corrected chi connectivity index (χ1v) is 4.55. The summed E-state index contributed by atoms with van der Waals surface area (Å²) in [7, 11) is 0. The number of aromatic nitrogens is 1. The zero-order chi connectivity index (χ0) is 9.78. The summed E-state index contributed by atoms with van der Waals surface area (Å²) in [6.45, 7) is 2.00. The zero-order valence-corrected chi connectivity index (χ0v) is 11.7. The molecule has 0 aliphatic rings. The second kappa shape index (κ2) is 14.7. The van der Waals surface area contributed by atoms with Crippen molar-refractivity contribution < 1.29 is 24.3 Å². The quantitative estimate of drug-likeness (QED) is 0.680. The van der Waals surface area contributed by atoms with Gasteiger partial charge in [0.2, 0.25) is 0 Å². The molecule has 0 saturated heterocycles. The Morgan fingerprint density at radius 1 is 0.857 bits per heavy atom. The van der Waals surface area contributed by atoms with E-state index in [0.717, 1.165) is 0 Å². The first kappa shape index (κ1) is 15.6. The molecule has 0 unspecified atom stereocenters. The molecule has 0 spiro atoms. The van der Waals surface area contributed by atoms with Gasteiger partial charge >= 0.3 is 0 Å². The van der Waals surface area contributed by atoms with Crippen molar-refractivity contribution in [2.45, 2.75) is 0 Å². The average molecular weight is 259 g/mol. The van der Waals surface area contributed by atoms with Crippen LogP contribution in [-0.2, 0) is 24.3 Å². The molecule has 14 heavy (non-hydrogen) atoms. The number of thiophene rings is 1. The molecule has 0 aliphatic heterocycles. The second-order valence-electron chi connectivity index (χ2n) is 1.82. The summed E-state index contributed by atoms with van der Waals surface area (Å²) in [5.41, 5.74) is 0. The van der Waals surface area contributed by atoms with Crippen molar-refractivity contribution in [3.63, 3.8) is 0 Å². The van der Waals surface area contributed by atoms with Crippen molar-refractivity contribution in [2.75, 3.05) is 0 Å². The van der Waals surface area contributed by atoms with Crippen LogP contribution in [-0.4, -0.2) is 11.8 Å². The number of hydrogen-bond donors (Lipinski definition) is 0. The van der Waals surface area contributed by atoms with Crippen LogP contribution in [0.15, 0.2) is 53.5 Å². The van der Waals surface area contributed by atoms with E-state index in [1.54, 1.807) is 23.7 Å². The van der Waals surface area contributed by atoms with Gasteiger partial charge in [-0.2, -0.15) is 11.3 Å². The van der Waals surface area contributed by atoms with Crippen LogP contribution in [0.1, 0.15) is 0 Å². The molecule has 0 amide bonds. The topological polar surface area (TPSA) is 30.0 Å². The van der Waals surface area contributed by atoms with Gasteiger partial charge in [-0.25, -0.2) is 0 Å². The predicted molar refractivity (Wildman–Crippen MR) is 55.7 cm³/mol. The Labute approximate surface area is 101 Å². The Hall–Kier alpha value is -0.857. The largest absolute Gasteiger partial charge is 0.307 e. The molecule has 70 valence electrons. The third-order valence-corrected chi connectivity index (χ3v) is 1.62. The van der Waals surface area contributed by atoms with Crippen LogP contribution < -0.4 is 0 Å². The summed E-state index contributed by atoms with van der Waals surface area (Å²) in [4.78, 5) is 11.8. The Morgan fingerprint density at radius 3 is 1.50 bits per heavy atom. The van der Waals surface area contributed by atoms with E-state index in [1.807, 2.05) is 47.9 Å². The Bertz CT molecular complexity index is 219. The molecule has 0 aliphatic carbocycles. The van der Waals surface area contributed by atoms with Crippen molar-refractivity contribution in [2.24, 2.45) is 0 Å².